The Balaban J connectivity index is 1.51. The lowest BCUT2D eigenvalue weighted by Crippen LogP contribution is -2.53. The van der Waals surface area contributed by atoms with Gasteiger partial charge in [0, 0.05) is 43.9 Å². The molecule has 3 fully saturated rings. The van der Waals surface area contributed by atoms with Gasteiger partial charge in [-0.1, -0.05) is 6.07 Å². The number of rotatable bonds is 2. The summed E-state index contributed by atoms with van der Waals surface area (Å²) in [5.41, 5.74) is 1.69. The molecular formula is C21H27N3O3. The average molecular weight is 369 g/mol. The Bertz CT molecular complexity index is 726. The van der Waals surface area contributed by atoms with Crippen molar-refractivity contribution in [2.24, 2.45) is 11.3 Å². The molecule has 3 aliphatic rings. The van der Waals surface area contributed by atoms with Crippen LogP contribution < -0.4 is 4.90 Å². The summed E-state index contributed by atoms with van der Waals surface area (Å²) in [6.45, 7) is 5.86. The molecule has 1 amide bonds. The number of benzene rings is 1. The van der Waals surface area contributed by atoms with Crippen LogP contribution in [0.5, 0.6) is 0 Å². The zero-order chi connectivity index (χ0) is 18.7. The summed E-state index contributed by atoms with van der Waals surface area (Å²) >= 11 is 0. The third kappa shape index (κ3) is 3.95. The van der Waals surface area contributed by atoms with Crippen molar-refractivity contribution in [2.45, 2.75) is 19.3 Å². The van der Waals surface area contributed by atoms with Crippen molar-refractivity contribution < 1.29 is 14.3 Å². The first-order chi connectivity index (χ1) is 13.2. The van der Waals surface area contributed by atoms with E-state index in [0.717, 1.165) is 51.1 Å². The van der Waals surface area contributed by atoms with Gasteiger partial charge in [0.15, 0.2) is 0 Å². The Labute approximate surface area is 160 Å². The maximum Gasteiger partial charge on any atom is 0.228 e. The molecular weight excluding hydrogens is 342 g/mol. The van der Waals surface area contributed by atoms with Gasteiger partial charge >= 0.3 is 0 Å². The van der Waals surface area contributed by atoms with Gasteiger partial charge in [-0.15, -0.1) is 0 Å². The summed E-state index contributed by atoms with van der Waals surface area (Å²) in [4.78, 5) is 17.3. The van der Waals surface area contributed by atoms with Crippen molar-refractivity contribution >= 4 is 11.6 Å². The van der Waals surface area contributed by atoms with E-state index in [1.807, 2.05) is 23.1 Å². The van der Waals surface area contributed by atoms with E-state index in [4.69, 9.17) is 9.47 Å². The van der Waals surface area contributed by atoms with Crippen LogP contribution in [0.3, 0.4) is 0 Å². The number of ether oxygens (including phenoxy) is 2. The van der Waals surface area contributed by atoms with Crippen LogP contribution in [0.25, 0.3) is 0 Å². The molecule has 0 bridgehead atoms. The van der Waals surface area contributed by atoms with Gasteiger partial charge in [-0.05, 0) is 37.5 Å². The van der Waals surface area contributed by atoms with Crippen LogP contribution in [0.15, 0.2) is 24.3 Å². The Hall–Kier alpha value is -2.10. The minimum Gasteiger partial charge on any atom is -0.381 e. The fourth-order valence-electron chi connectivity index (χ4n) is 4.62. The molecule has 144 valence electrons. The molecule has 2 unspecified atom stereocenters. The van der Waals surface area contributed by atoms with Crippen LogP contribution in [0.4, 0.5) is 5.69 Å². The standard InChI is InChI=1S/C21H27N3O3/c22-12-17-3-1-4-19(11-17)23-8-10-27-16-21(14-23)6-2-7-24(15-21)20(25)18-5-9-26-13-18/h1,3-4,11,18H,2,5-10,13-16H2. The van der Waals surface area contributed by atoms with Gasteiger partial charge in [-0.25, -0.2) is 0 Å². The highest BCUT2D eigenvalue weighted by Gasteiger charge is 2.41. The first kappa shape index (κ1) is 18.3. The van der Waals surface area contributed by atoms with Gasteiger partial charge in [-0.2, -0.15) is 5.26 Å². The van der Waals surface area contributed by atoms with E-state index >= 15 is 0 Å². The van der Waals surface area contributed by atoms with Gasteiger partial charge < -0.3 is 19.3 Å². The highest BCUT2D eigenvalue weighted by atomic mass is 16.5. The molecule has 3 heterocycles. The number of carbonyl (C=O) groups excluding carboxylic acids is 1. The first-order valence-electron chi connectivity index (χ1n) is 9.89. The summed E-state index contributed by atoms with van der Waals surface area (Å²) in [6.07, 6.45) is 2.91. The summed E-state index contributed by atoms with van der Waals surface area (Å²) in [7, 11) is 0. The van der Waals surface area contributed by atoms with Crippen molar-refractivity contribution in [3.05, 3.63) is 29.8 Å². The van der Waals surface area contributed by atoms with Crippen LogP contribution in [0, 0.1) is 22.7 Å². The molecule has 27 heavy (non-hydrogen) atoms. The molecule has 0 radical (unpaired) electrons. The zero-order valence-electron chi connectivity index (χ0n) is 15.7. The fraction of sp³-hybridized carbons (Fsp3) is 0.619. The molecule has 2 atom stereocenters. The highest BCUT2D eigenvalue weighted by Crippen LogP contribution is 2.35. The van der Waals surface area contributed by atoms with E-state index in [2.05, 4.69) is 17.0 Å². The molecule has 3 aliphatic heterocycles. The Morgan fingerprint density at radius 3 is 2.96 bits per heavy atom. The number of hydrogen-bond acceptors (Lipinski definition) is 5. The molecule has 6 heteroatoms. The monoisotopic (exact) mass is 369 g/mol. The summed E-state index contributed by atoms with van der Waals surface area (Å²) < 4.78 is 11.4. The van der Waals surface area contributed by atoms with E-state index in [1.54, 1.807) is 0 Å². The molecule has 6 nitrogen and oxygen atoms in total. The second-order valence-electron chi connectivity index (χ2n) is 8.06. The lowest BCUT2D eigenvalue weighted by Gasteiger charge is -2.44. The fourth-order valence-corrected chi connectivity index (χ4v) is 4.62. The van der Waals surface area contributed by atoms with Gasteiger partial charge in [-0.3, -0.25) is 4.79 Å². The second kappa shape index (κ2) is 7.87. The minimum atomic E-state index is -0.0491. The molecule has 3 saturated heterocycles. The van der Waals surface area contributed by atoms with Crippen LogP contribution in [-0.4, -0.2) is 63.4 Å². The molecule has 0 N–H and O–H groups in total. The molecule has 1 spiro atoms. The zero-order valence-corrected chi connectivity index (χ0v) is 15.7. The molecule has 1 aromatic carbocycles. The average Bonchev–Trinajstić information content (AvgIpc) is 3.17. The number of amides is 1. The molecule has 1 aromatic rings. The van der Waals surface area contributed by atoms with Crippen molar-refractivity contribution in [3.63, 3.8) is 0 Å². The van der Waals surface area contributed by atoms with Crippen molar-refractivity contribution in [3.8, 4) is 6.07 Å². The number of hydrogen-bond donors (Lipinski definition) is 0. The van der Waals surface area contributed by atoms with Gasteiger partial charge in [0.05, 0.1) is 37.4 Å². The van der Waals surface area contributed by atoms with E-state index in [0.29, 0.717) is 32.0 Å². The maximum atomic E-state index is 12.9. The Morgan fingerprint density at radius 1 is 1.22 bits per heavy atom. The van der Waals surface area contributed by atoms with Crippen molar-refractivity contribution in [1.29, 1.82) is 5.26 Å². The van der Waals surface area contributed by atoms with E-state index in [-0.39, 0.29) is 17.2 Å². The number of nitrogens with zero attached hydrogens (tertiary/aromatic N) is 3. The van der Waals surface area contributed by atoms with Crippen LogP contribution in [0.2, 0.25) is 0 Å². The molecule has 0 aliphatic carbocycles. The summed E-state index contributed by atoms with van der Waals surface area (Å²) in [5, 5.41) is 9.21. The first-order valence-corrected chi connectivity index (χ1v) is 9.89. The second-order valence-corrected chi connectivity index (χ2v) is 8.06. The van der Waals surface area contributed by atoms with Gasteiger partial charge in [0.1, 0.15) is 0 Å². The quantitative estimate of drug-likeness (QED) is 0.798. The lowest BCUT2D eigenvalue weighted by atomic mass is 9.79. The number of anilines is 1. The summed E-state index contributed by atoms with van der Waals surface area (Å²) in [6, 6.07) is 9.99. The van der Waals surface area contributed by atoms with E-state index in [1.165, 1.54) is 0 Å². The Morgan fingerprint density at radius 2 is 2.15 bits per heavy atom. The van der Waals surface area contributed by atoms with Crippen molar-refractivity contribution in [1.82, 2.24) is 4.90 Å². The van der Waals surface area contributed by atoms with Gasteiger partial charge in [0.2, 0.25) is 5.91 Å². The number of likely N-dealkylation sites (tertiary alicyclic amines) is 1. The van der Waals surface area contributed by atoms with Crippen LogP contribution >= 0.6 is 0 Å². The van der Waals surface area contributed by atoms with Gasteiger partial charge in [0.25, 0.3) is 0 Å². The largest absolute Gasteiger partial charge is 0.381 e. The Kier molecular flexibility index (Phi) is 5.33. The normalized spacial score (nSPS) is 28.8. The number of carbonyl (C=O) groups is 1. The highest BCUT2D eigenvalue weighted by molar-refractivity contribution is 5.79. The smallest absolute Gasteiger partial charge is 0.228 e. The van der Waals surface area contributed by atoms with Crippen LogP contribution in [0.1, 0.15) is 24.8 Å². The minimum absolute atomic E-state index is 0.0234. The molecule has 4 rings (SSSR count). The molecule has 0 saturated carbocycles. The molecule has 0 aromatic heterocycles. The predicted molar refractivity (Wildman–Crippen MR) is 101 cm³/mol. The maximum absolute atomic E-state index is 12.9. The lowest BCUT2D eigenvalue weighted by molar-refractivity contribution is -0.139. The SMILES string of the molecule is N#Cc1cccc(N2CCOCC3(CCCN(C(=O)C4CCOC4)C3)C2)c1. The number of piperidine rings is 1. The van der Waals surface area contributed by atoms with Crippen LogP contribution in [-0.2, 0) is 14.3 Å². The third-order valence-corrected chi connectivity index (χ3v) is 6.03. The summed E-state index contributed by atoms with van der Waals surface area (Å²) in [5.74, 6) is 0.268. The number of nitriles is 1. The van der Waals surface area contributed by atoms with Crippen molar-refractivity contribution in [2.75, 3.05) is 57.5 Å². The predicted octanol–water partition coefficient (Wildman–Crippen LogP) is 2.04. The van der Waals surface area contributed by atoms with E-state index < -0.39 is 0 Å². The van der Waals surface area contributed by atoms with E-state index in [9.17, 15) is 10.1 Å². The third-order valence-electron chi connectivity index (χ3n) is 6.03. The topological polar surface area (TPSA) is 65.8 Å².